The van der Waals surface area contributed by atoms with Crippen molar-refractivity contribution in [2.45, 2.75) is 64.1 Å². The largest absolute Gasteiger partial charge is 0.444 e. The Bertz CT molecular complexity index is 658. The van der Waals surface area contributed by atoms with Gasteiger partial charge in [0.2, 0.25) is 5.91 Å². The third kappa shape index (κ3) is 8.29. The smallest absolute Gasteiger partial charge is 0.407 e. The molecule has 0 aliphatic carbocycles. The molecular formula is C23H36N2O3S. The van der Waals surface area contributed by atoms with Gasteiger partial charge in [0.1, 0.15) is 5.60 Å². The van der Waals surface area contributed by atoms with E-state index in [0.29, 0.717) is 13.1 Å². The molecule has 0 saturated carbocycles. The van der Waals surface area contributed by atoms with Gasteiger partial charge in [-0.1, -0.05) is 44.2 Å². The number of alkyl carbamates (subject to hydrolysis) is 1. The summed E-state index contributed by atoms with van der Waals surface area (Å²) < 4.78 is 5.31. The lowest BCUT2D eigenvalue weighted by molar-refractivity contribution is -0.133. The minimum atomic E-state index is -0.501. The highest BCUT2D eigenvalue weighted by atomic mass is 32.2. The van der Waals surface area contributed by atoms with E-state index >= 15 is 0 Å². The van der Waals surface area contributed by atoms with Gasteiger partial charge in [-0.3, -0.25) is 4.79 Å². The average molecular weight is 421 g/mol. The minimum Gasteiger partial charge on any atom is -0.444 e. The predicted molar refractivity (Wildman–Crippen MR) is 120 cm³/mol. The molecule has 29 heavy (non-hydrogen) atoms. The molecule has 1 aromatic rings. The number of amides is 2. The maximum Gasteiger partial charge on any atom is 0.407 e. The number of ether oxygens (including phenoxy) is 1. The molecule has 2 amide bonds. The number of nitrogens with one attached hydrogen (secondary N) is 1. The Morgan fingerprint density at radius 1 is 1.24 bits per heavy atom. The van der Waals surface area contributed by atoms with Crippen molar-refractivity contribution in [2.75, 3.05) is 19.6 Å². The number of thioether (sulfide) groups is 1. The van der Waals surface area contributed by atoms with Crippen LogP contribution in [0, 0.1) is 11.8 Å². The summed E-state index contributed by atoms with van der Waals surface area (Å²) in [6, 6.07) is 10.3. The molecule has 1 aliphatic rings. The summed E-state index contributed by atoms with van der Waals surface area (Å²) in [5.41, 5.74) is 0.744. The van der Waals surface area contributed by atoms with Crippen molar-refractivity contribution in [1.29, 1.82) is 0 Å². The molecule has 2 unspecified atom stereocenters. The second-order valence-electron chi connectivity index (χ2n) is 9.14. The highest BCUT2D eigenvalue weighted by Gasteiger charge is 2.31. The first kappa shape index (κ1) is 23.6. The molecule has 0 aromatic heterocycles. The average Bonchev–Trinajstić information content (AvgIpc) is 2.66. The number of carbonyl (C=O) groups is 2. The van der Waals surface area contributed by atoms with Crippen molar-refractivity contribution in [2.24, 2.45) is 11.8 Å². The molecule has 1 saturated heterocycles. The highest BCUT2D eigenvalue weighted by molar-refractivity contribution is 7.99. The summed E-state index contributed by atoms with van der Waals surface area (Å²) in [5, 5.41) is 2.81. The number of rotatable bonds is 7. The van der Waals surface area contributed by atoms with E-state index in [1.165, 1.54) is 5.56 Å². The third-order valence-corrected chi connectivity index (χ3v) is 6.49. The van der Waals surface area contributed by atoms with Crippen molar-refractivity contribution in [3.05, 3.63) is 35.9 Å². The van der Waals surface area contributed by atoms with Crippen molar-refractivity contribution in [1.82, 2.24) is 10.2 Å². The fraction of sp³-hybridized carbons (Fsp3) is 0.652. The SMILES string of the molecule is CC(C)C(SCc1ccccc1)C(=O)N1CCCC(CNC(=O)OC(C)(C)C)C1. The number of carbonyl (C=O) groups excluding carboxylic acids is 2. The molecule has 6 heteroatoms. The van der Waals surface area contributed by atoms with Crippen molar-refractivity contribution >= 4 is 23.8 Å². The van der Waals surface area contributed by atoms with Crippen molar-refractivity contribution in [3.63, 3.8) is 0 Å². The minimum absolute atomic E-state index is 0.0484. The molecule has 1 aliphatic heterocycles. The number of hydrogen-bond acceptors (Lipinski definition) is 4. The number of hydrogen-bond donors (Lipinski definition) is 1. The van der Waals surface area contributed by atoms with E-state index < -0.39 is 5.60 Å². The topological polar surface area (TPSA) is 58.6 Å². The van der Waals surface area contributed by atoms with Gasteiger partial charge in [-0.05, 0) is 51.0 Å². The van der Waals surface area contributed by atoms with Gasteiger partial charge < -0.3 is 15.0 Å². The Hall–Kier alpha value is -1.69. The third-order valence-electron chi connectivity index (χ3n) is 4.89. The zero-order chi connectivity index (χ0) is 21.4. The number of likely N-dealkylation sites (tertiary alicyclic amines) is 1. The molecule has 5 nitrogen and oxygen atoms in total. The summed E-state index contributed by atoms with van der Waals surface area (Å²) in [5.74, 6) is 1.61. The second kappa shape index (κ2) is 10.9. The van der Waals surface area contributed by atoms with Gasteiger partial charge in [-0.2, -0.15) is 0 Å². The van der Waals surface area contributed by atoms with Crippen LogP contribution in [0.25, 0.3) is 0 Å². The van der Waals surface area contributed by atoms with Crippen LogP contribution in [-0.2, 0) is 15.3 Å². The number of piperidine rings is 1. The van der Waals surface area contributed by atoms with E-state index in [9.17, 15) is 9.59 Å². The van der Waals surface area contributed by atoms with E-state index in [2.05, 4.69) is 31.3 Å². The van der Waals surface area contributed by atoms with E-state index in [0.717, 1.165) is 25.1 Å². The second-order valence-corrected chi connectivity index (χ2v) is 10.3. The predicted octanol–water partition coefficient (Wildman–Crippen LogP) is 4.71. The fourth-order valence-electron chi connectivity index (χ4n) is 3.46. The molecule has 0 radical (unpaired) electrons. The van der Waals surface area contributed by atoms with E-state index in [-0.39, 0.29) is 29.1 Å². The molecule has 0 bridgehead atoms. The number of benzene rings is 1. The molecule has 1 aromatic carbocycles. The quantitative estimate of drug-likeness (QED) is 0.694. The van der Waals surface area contributed by atoms with Crippen LogP contribution in [0.2, 0.25) is 0 Å². The summed E-state index contributed by atoms with van der Waals surface area (Å²) in [6.45, 7) is 11.8. The van der Waals surface area contributed by atoms with Gasteiger partial charge in [0.25, 0.3) is 0 Å². The summed E-state index contributed by atoms with van der Waals surface area (Å²) in [7, 11) is 0. The molecule has 1 N–H and O–H groups in total. The molecule has 1 heterocycles. The maximum atomic E-state index is 13.2. The van der Waals surface area contributed by atoms with Gasteiger partial charge in [-0.15, -0.1) is 11.8 Å². The van der Waals surface area contributed by atoms with Gasteiger partial charge in [0.05, 0.1) is 5.25 Å². The zero-order valence-corrected chi connectivity index (χ0v) is 19.3. The molecule has 2 rings (SSSR count). The van der Waals surface area contributed by atoms with Crippen LogP contribution in [0.5, 0.6) is 0 Å². The molecule has 162 valence electrons. The highest BCUT2D eigenvalue weighted by Crippen LogP contribution is 2.27. The van der Waals surface area contributed by atoms with Crippen LogP contribution in [0.3, 0.4) is 0 Å². The van der Waals surface area contributed by atoms with Gasteiger partial charge in [-0.25, -0.2) is 4.79 Å². The van der Waals surface area contributed by atoms with Crippen LogP contribution in [0.1, 0.15) is 53.0 Å². The monoisotopic (exact) mass is 420 g/mol. The summed E-state index contributed by atoms with van der Waals surface area (Å²) >= 11 is 1.73. The molecule has 2 atom stereocenters. The first-order valence-corrected chi connectivity index (χ1v) is 11.6. The Morgan fingerprint density at radius 3 is 2.55 bits per heavy atom. The van der Waals surface area contributed by atoms with E-state index in [1.54, 1.807) is 11.8 Å². The lowest BCUT2D eigenvalue weighted by Crippen LogP contribution is -2.48. The standard InChI is InChI=1S/C23H36N2O3S/c1-17(2)20(29-16-18-10-7-6-8-11-18)21(26)25-13-9-12-19(15-25)14-24-22(27)28-23(3,4)5/h6-8,10-11,17,19-20H,9,12-16H2,1-5H3,(H,24,27). The van der Waals surface area contributed by atoms with Crippen LogP contribution in [0.15, 0.2) is 30.3 Å². The lowest BCUT2D eigenvalue weighted by atomic mass is 9.97. The maximum absolute atomic E-state index is 13.2. The Labute approximate surface area is 179 Å². The van der Waals surface area contributed by atoms with Crippen LogP contribution < -0.4 is 5.32 Å². The normalized spacial score (nSPS) is 18.4. The fourth-order valence-corrected chi connectivity index (χ4v) is 4.70. The van der Waals surface area contributed by atoms with Crippen LogP contribution in [-0.4, -0.2) is 47.4 Å². The van der Waals surface area contributed by atoms with Crippen LogP contribution >= 0.6 is 11.8 Å². The van der Waals surface area contributed by atoms with Crippen LogP contribution in [0.4, 0.5) is 4.79 Å². The lowest BCUT2D eigenvalue weighted by Gasteiger charge is -2.36. The summed E-state index contributed by atoms with van der Waals surface area (Å²) in [4.78, 5) is 27.1. The van der Waals surface area contributed by atoms with Gasteiger partial charge >= 0.3 is 6.09 Å². The Morgan fingerprint density at radius 2 is 1.93 bits per heavy atom. The molecule has 1 fully saturated rings. The Kier molecular flexibility index (Phi) is 8.87. The number of nitrogens with zero attached hydrogens (tertiary/aromatic N) is 1. The van der Waals surface area contributed by atoms with E-state index in [4.69, 9.17) is 4.74 Å². The van der Waals surface area contributed by atoms with Crippen molar-refractivity contribution < 1.29 is 14.3 Å². The van der Waals surface area contributed by atoms with Gasteiger partial charge in [0, 0.05) is 25.4 Å². The van der Waals surface area contributed by atoms with Crippen molar-refractivity contribution in [3.8, 4) is 0 Å². The first-order valence-electron chi connectivity index (χ1n) is 10.6. The Balaban J connectivity index is 1.88. The molecular weight excluding hydrogens is 384 g/mol. The first-order chi connectivity index (χ1) is 13.7. The molecule has 0 spiro atoms. The van der Waals surface area contributed by atoms with Gasteiger partial charge in [0.15, 0.2) is 0 Å². The van der Waals surface area contributed by atoms with E-state index in [1.807, 2.05) is 43.9 Å². The summed E-state index contributed by atoms with van der Waals surface area (Å²) in [6.07, 6.45) is 1.60. The zero-order valence-electron chi connectivity index (χ0n) is 18.4.